The number of carbonyl (C=O) groups is 2. The molecule has 5 saturated carbocycles. The van der Waals surface area contributed by atoms with Crippen molar-refractivity contribution in [2.24, 2.45) is 39.9 Å². The highest BCUT2D eigenvalue weighted by molar-refractivity contribution is 5.67. The third-order valence-corrected chi connectivity index (χ3v) is 11.1. The maximum Gasteiger partial charge on any atom is 0.303 e. The van der Waals surface area contributed by atoms with Crippen LogP contribution in [-0.4, -0.2) is 59.4 Å². The van der Waals surface area contributed by atoms with Gasteiger partial charge in [-0.25, -0.2) is 0 Å². The van der Waals surface area contributed by atoms with Gasteiger partial charge in [0.05, 0.1) is 6.10 Å². The summed E-state index contributed by atoms with van der Waals surface area (Å²) in [5.41, 5.74) is 0.687. The summed E-state index contributed by atoms with van der Waals surface area (Å²) in [5, 5.41) is 11.8. The number of hydrogen-bond acceptors (Lipinski definition) is 6. The van der Waals surface area contributed by atoms with Crippen molar-refractivity contribution < 1.29 is 24.2 Å². The van der Waals surface area contributed by atoms with Gasteiger partial charge in [0.1, 0.15) is 12.2 Å². The van der Waals surface area contributed by atoms with Crippen LogP contribution in [-0.2, 0) is 19.1 Å². The highest BCUT2D eigenvalue weighted by atomic mass is 16.6. The van der Waals surface area contributed by atoms with Crippen LogP contribution in [0.4, 0.5) is 0 Å². The second-order valence-electron chi connectivity index (χ2n) is 12.0. The zero-order valence-corrected chi connectivity index (χ0v) is 19.8. The Balaban J connectivity index is 1.56. The zero-order chi connectivity index (χ0) is 22.8. The van der Waals surface area contributed by atoms with E-state index in [-0.39, 0.29) is 58.3 Å². The van der Waals surface area contributed by atoms with Crippen molar-refractivity contribution in [1.82, 2.24) is 4.90 Å². The largest absolute Gasteiger partial charge is 0.462 e. The van der Waals surface area contributed by atoms with E-state index in [4.69, 9.17) is 9.47 Å². The first-order valence-corrected chi connectivity index (χ1v) is 12.6. The van der Waals surface area contributed by atoms with Gasteiger partial charge < -0.3 is 14.6 Å². The van der Waals surface area contributed by atoms with Gasteiger partial charge in [-0.3, -0.25) is 14.5 Å². The first-order chi connectivity index (χ1) is 15.1. The number of carbonyl (C=O) groups excluding carboxylic acids is 2. The van der Waals surface area contributed by atoms with Crippen molar-refractivity contribution in [2.75, 3.05) is 13.1 Å². The van der Waals surface area contributed by atoms with E-state index in [9.17, 15) is 14.7 Å². The van der Waals surface area contributed by atoms with Crippen LogP contribution in [0.5, 0.6) is 0 Å². The smallest absolute Gasteiger partial charge is 0.303 e. The van der Waals surface area contributed by atoms with Crippen LogP contribution >= 0.6 is 0 Å². The standard InChI is InChI=1S/C26H37NO5/c1-6-27-12-24(5)8-7-21(30)26-19(24)9-17(22(26)27)25-11-16(13(2)23(25)32-15(4)29)18(10-20(25)26)31-14(3)28/h16-23,30H,2,6-12H2,1,3-5H3/t16-,17?,18-,19+,20+,21+,22?,23+,24-,25-,26-/m0/s1. The number of ether oxygens (including phenoxy) is 2. The Hall–Kier alpha value is -1.40. The summed E-state index contributed by atoms with van der Waals surface area (Å²) in [6, 6.07) is 0.298. The van der Waals surface area contributed by atoms with E-state index in [2.05, 4.69) is 25.3 Å². The Labute approximate surface area is 190 Å². The minimum absolute atomic E-state index is 0.0253. The molecule has 0 aromatic rings. The quantitative estimate of drug-likeness (QED) is 0.534. The van der Waals surface area contributed by atoms with Gasteiger partial charge in [-0.05, 0) is 67.4 Å². The minimum Gasteiger partial charge on any atom is -0.462 e. The van der Waals surface area contributed by atoms with Gasteiger partial charge >= 0.3 is 11.9 Å². The number of nitrogens with zero attached hydrogens (tertiary/aromatic N) is 1. The molecule has 6 rings (SSSR count). The van der Waals surface area contributed by atoms with Gasteiger partial charge in [-0.1, -0.05) is 20.4 Å². The molecule has 1 N–H and O–H groups in total. The lowest BCUT2D eigenvalue weighted by molar-refractivity contribution is -0.222. The number of rotatable bonds is 3. The number of piperidine rings is 1. The average Bonchev–Trinajstić information content (AvgIpc) is 3.25. The second-order valence-corrected chi connectivity index (χ2v) is 12.0. The van der Waals surface area contributed by atoms with Crippen LogP contribution in [0.15, 0.2) is 12.2 Å². The summed E-state index contributed by atoms with van der Waals surface area (Å²) in [5.74, 6) is 0.487. The molecule has 7 bridgehead atoms. The number of likely N-dealkylation sites (tertiary alicyclic amines) is 1. The van der Waals surface area contributed by atoms with Crippen LogP contribution in [0.1, 0.15) is 59.8 Å². The maximum atomic E-state index is 12.3. The van der Waals surface area contributed by atoms with Gasteiger partial charge in [0.15, 0.2) is 0 Å². The monoisotopic (exact) mass is 443 g/mol. The van der Waals surface area contributed by atoms with Crippen molar-refractivity contribution in [1.29, 1.82) is 0 Å². The molecule has 5 aliphatic carbocycles. The number of aliphatic hydroxyl groups excluding tert-OH is 1. The second kappa shape index (κ2) is 6.38. The van der Waals surface area contributed by atoms with E-state index < -0.39 is 0 Å². The SMILES string of the molecule is C=C1[C@@H](OC(C)=O)[C@]23C[C@@H]1[C@@H](OC(C)=O)C[C@H]2[C@@]12C4C3C[C@@H]1[C@@](C)(CC[C@H]2O)CN4CC. The number of fused-ring (bicyclic) bond motifs is 1. The van der Waals surface area contributed by atoms with E-state index in [1.54, 1.807) is 0 Å². The van der Waals surface area contributed by atoms with Gasteiger partial charge in [0.2, 0.25) is 0 Å². The van der Waals surface area contributed by atoms with Gasteiger partial charge in [-0.15, -0.1) is 0 Å². The molecule has 0 aromatic carbocycles. The van der Waals surface area contributed by atoms with E-state index in [0.717, 1.165) is 50.8 Å². The fraction of sp³-hybridized carbons (Fsp3) is 0.846. The predicted octanol–water partition coefficient (Wildman–Crippen LogP) is 2.93. The minimum atomic E-state index is -0.365. The predicted molar refractivity (Wildman–Crippen MR) is 117 cm³/mol. The van der Waals surface area contributed by atoms with Crippen LogP contribution in [0.3, 0.4) is 0 Å². The van der Waals surface area contributed by atoms with E-state index in [1.807, 2.05) is 0 Å². The molecule has 0 radical (unpaired) electrons. The lowest BCUT2D eigenvalue weighted by Crippen LogP contribution is -2.68. The molecular weight excluding hydrogens is 406 g/mol. The van der Waals surface area contributed by atoms with Crippen molar-refractivity contribution >= 4 is 11.9 Å². The molecule has 1 saturated heterocycles. The molecule has 2 unspecified atom stereocenters. The first kappa shape index (κ1) is 21.2. The fourth-order valence-electron chi connectivity index (χ4n) is 10.6. The fourth-order valence-corrected chi connectivity index (χ4v) is 10.6. The van der Waals surface area contributed by atoms with Crippen LogP contribution in [0.25, 0.3) is 0 Å². The molecule has 6 fully saturated rings. The third-order valence-electron chi connectivity index (χ3n) is 11.1. The van der Waals surface area contributed by atoms with Crippen LogP contribution in [0, 0.1) is 39.9 Å². The third kappa shape index (κ3) is 2.15. The van der Waals surface area contributed by atoms with Crippen molar-refractivity contribution in [2.45, 2.75) is 84.2 Å². The molecule has 6 aliphatic rings. The Morgan fingerprint density at radius 1 is 1.19 bits per heavy atom. The number of esters is 2. The Morgan fingerprint density at radius 2 is 1.91 bits per heavy atom. The van der Waals surface area contributed by atoms with E-state index in [0.29, 0.717) is 17.9 Å². The molecule has 1 heterocycles. The van der Waals surface area contributed by atoms with Crippen molar-refractivity contribution in [3.05, 3.63) is 12.2 Å². The summed E-state index contributed by atoms with van der Waals surface area (Å²) < 4.78 is 12.0. The van der Waals surface area contributed by atoms with Crippen molar-refractivity contribution in [3.8, 4) is 0 Å². The molecule has 6 heteroatoms. The highest BCUT2D eigenvalue weighted by Crippen LogP contribution is 2.83. The summed E-state index contributed by atoms with van der Waals surface area (Å²) in [4.78, 5) is 26.9. The summed E-state index contributed by atoms with van der Waals surface area (Å²) in [6.45, 7) is 14.1. The highest BCUT2D eigenvalue weighted by Gasteiger charge is 2.85. The molecule has 6 nitrogen and oxygen atoms in total. The molecule has 1 aliphatic heterocycles. The van der Waals surface area contributed by atoms with Crippen molar-refractivity contribution in [3.63, 3.8) is 0 Å². The molecular formula is C26H37NO5. The molecule has 0 amide bonds. The van der Waals surface area contributed by atoms with Gasteiger partial charge in [-0.2, -0.15) is 0 Å². The average molecular weight is 444 g/mol. The Kier molecular flexibility index (Phi) is 4.22. The maximum absolute atomic E-state index is 12.3. The molecule has 176 valence electrons. The summed E-state index contributed by atoms with van der Waals surface area (Å²) >= 11 is 0. The normalized spacial score (nSPS) is 55.0. The Bertz CT molecular complexity index is 903. The van der Waals surface area contributed by atoms with Crippen LogP contribution < -0.4 is 0 Å². The molecule has 0 aromatic heterocycles. The Morgan fingerprint density at radius 3 is 2.56 bits per heavy atom. The van der Waals surface area contributed by atoms with Gasteiger partial charge in [0, 0.05) is 43.2 Å². The topological polar surface area (TPSA) is 76.1 Å². The lowest BCUT2D eigenvalue weighted by atomic mass is 9.43. The first-order valence-electron chi connectivity index (χ1n) is 12.6. The molecule has 32 heavy (non-hydrogen) atoms. The molecule has 2 spiro atoms. The van der Waals surface area contributed by atoms with E-state index in [1.165, 1.54) is 13.8 Å². The van der Waals surface area contributed by atoms with E-state index >= 15 is 0 Å². The zero-order valence-electron chi connectivity index (χ0n) is 19.8. The van der Waals surface area contributed by atoms with Crippen LogP contribution in [0.2, 0.25) is 0 Å². The summed E-state index contributed by atoms with van der Waals surface area (Å²) in [7, 11) is 0. The lowest BCUT2D eigenvalue weighted by Gasteiger charge is -2.65. The number of hydrogen-bond donors (Lipinski definition) is 1. The number of aliphatic hydroxyl groups is 1. The summed E-state index contributed by atoms with van der Waals surface area (Å²) in [6.07, 6.45) is 3.63. The molecule has 11 atom stereocenters. The van der Waals surface area contributed by atoms with Gasteiger partial charge in [0.25, 0.3) is 0 Å².